The average molecular weight is 398 g/mol. The van der Waals surface area contributed by atoms with Gasteiger partial charge in [0.15, 0.2) is 5.78 Å². The number of alkyl halides is 2. The van der Waals surface area contributed by atoms with Crippen molar-refractivity contribution in [2.24, 2.45) is 0 Å². The summed E-state index contributed by atoms with van der Waals surface area (Å²) in [4.78, 5) is 23.4. The molecule has 0 spiro atoms. The summed E-state index contributed by atoms with van der Waals surface area (Å²) in [6.45, 7) is -2.79. The Morgan fingerprint density at radius 3 is 2.45 bits per heavy atom. The number of carbonyl (C=O) groups excluding carboxylic acids is 1. The molecule has 148 valence electrons. The highest BCUT2D eigenvalue weighted by atomic mass is 19.3. The predicted molar refractivity (Wildman–Crippen MR) is 103 cm³/mol. The zero-order valence-corrected chi connectivity index (χ0v) is 15.0. The van der Waals surface area contributed by atoms with Crippen LogP contribution in [0, 0.1) is 10.1 Å². The minimum Gasteiger partial charge on any atom is -0.435 e. The van der Waals surface area contributed by atoms with Crippen molar-refractivity contribution in [3.8, 4) is 5.75 Å². The third-order valence-corrected chi connectivity index (χ3v) is 4.10. The Kier molecular flexibility index (Phi) is 6.13. The van der Waals surface area contributed by atoms with Gasteiger partial charge in [-0.15, -0.1) is 0 Å². The fourth-order valence-electron chi connectivity index (χ4n) is 2.76. The second kappa shape index (κ2) is 8.92. The van der Waals surface area contributed by atoms with Gasteiger partial charge in [0.1, 0.15) is 11.4 Å². The van der Waals surface area contributed by atoms with Crippen molar-refractivity contribution in [1.29, 1.82) is 0 Å². The van der Waals surface area contributed by atoms with Crippen LogP contribution in [0.2, 0.25) is 0 Å². The van der Waals surface area contributed by atoms with E-state index in [2.05, 4.69) is 10.1 Å². The predicted octanol–water partition coefficient (Wildman–Crippen LogP) is 5.04. The highest BCUT2D eigenvalue weighted by molar-refractivity contribution is 6.09. The maximum Gasteiger partial charge on any atom is 0.387 e. The molecule has 0 fully saturated rings. The average Bonchev–Trinajstić information content (AvgIpc) is 2.72. The van der Waals surface area contributed by atoms with Gasteiger partial charge in [-0.2, -0.15) is 8.78 Å². The van der Waals surface area contributed by atoms with Gasteiger partial charge in [-0.1, -0.05) is 42.5 Å². The SMILES string of the molecule is O=C(c1ccccc1)c1ccc(NCc2cccc(OC(F)F)c2)c([N+](=O)[O-])c1. The lowest BCUT2D eigenvalue weighted by Gasteiger charge is -2.10. The van der Waals surface area contributed by atoms with Crippen LogP contribution in [0.1, 0.15) is 21.5 Å². The number of carbonyl (C=O) groups is 1. The third-order valence-electron chi connectivity index (χ3n) is 4.10. The summed E-state index contributed by atoms with van der Waals surface area (Å²) in [5.74, 6) is -0.324. The molecule has 0 amide bonds. The molecular formula is C21H16F2N2O4. The van der Waals surface area contributed by atoms with Crippen molar-refractivity contribution < 1.29 is 23.2 Å². The van der Waals surface area contributed by atoms with Gasteiger partial charge in [0.2, 0.25) is 0 Å². The topological polar surface area (TPSA) is 81.5 Å². The summed E-state index contributed by atoms with van der Waals surface area (Å²) in [7, 11) is 0. The zero-order valence-electron chi connectivity index (χ0n) is 15.0. The van der Waals surface area contributed by atoms with E-state index >= 15 is 0 Å². The molecule has 0 saturated carbocycles. The van der Waals surface area contributed by atoms with Crippen LogP contribution >= 0.6 is 0 Å². The van der Waals surface area contributed by atoms with E-state index in [1.807, 2.05) is 0 Å². The summed E-state index contributed by atoms with van der Waals surface area (Å²) in [5.41, 5.74) is 1.17. The molecule has 29 heavy (non-hydrogen) atoms. The molecule has 0 unspecified atom stereocenters. The van der Waals surface area contributed by atoms with Gasteiger partial charge >= 0.3 is 6.61 Å². The Morgan fingerprint density at radius 1 is 1.00 bits per heavy atom. The second-order valence-electron chi connectivity index (χ2n) is 6.06. The number of halogens is 2. The summed E-state index contributed by atoms with van der Waals surface area (Å²) in [6.07, 6.45) is 0. The van der Waals surface area contributed by atoms with Crippen molar-refractivity contribution in [1.82, 2.24) is 0 Å². The first-order valence-corrected chi connectivity index (χ1v) is 8.60. The van der Waals surface area contributed by atoms with Gasteiger partial charge < -0.3 is 10.1 Å². The van der Waals surface area contributed by atoms with Gasteiger partial charge in [-0.25, -0.2) is 0 Å². The number of ketones is 1. The number of ether oxygens (including phenoxy) is 1. The van der Waals surface area contributed by atoms with Crippen LogP contribution < -0.4 is 10.1 Å². The molecule has 0 aliphatic rings. The minimum absolute atomic E-state index is 0.00222. The van der Waals surface area contributed by atoms with Crippen LogP contribution in [-0.2, 0) is 6.54 Å². The van der Waals surface area contributed by atoms with Crippen LogP contribution in [0.15, 0.2) is 72.8 Å². The number of rotatable bonds is 8. The number of benzene rings is 3. The zero-order chi connectivity index (χ0) is 20.8. The molecule has 3 aromatic rings. The van der Waals surface area contributed by atoms with Gasteiger partial charge in [-0.3, -0.25) is 14.9 Å². The minimum atomic E-state index is -2.94. The molecule has 0 atom stereocenters. The lowest BCUT2D eigenvalue weighted by atomic mass is 10.0. The third kappa shape index (κ3) is 5.13. The number of hydrogen-bond donors (Lipinski definition) is 1. The number of hydrogen-bond acceptors (Lipinski definition) is 5. The Balaban J connectivity index is 1.79. The summed E-state index contributed by atoms with van der Waals surface area (Å²) in [5, 5.41) is 14.4. The van der Waals surface area contributed by atoms with E-state index in [0.29, 0.717) is 11.1 Å². The van der Waals surface area contributed by atoms with Gasteiger partial charge in [-0.05, 0) is 29.8 Å². The fourth-order valence-corrected chi connectivity index (χ4v) is 2.76. The van der Waals surface area contributed by atoms with Crippen LogP contribution in [-0.4, -0.2) is 17.3 Å². The quantitative estimate of drug-likeness (QED) is 0.327. The van der Waals surface area contributed by atoms with Gasteiger partial charge in [0.05, 0.1) is 4.92 Å². The number of nitrogens with zero attached hydrogens (tertiary/aromatic N) is 1. The van der Waals surface area contributed by atoms with Crippen LogP contribution in [0.5, 0.6) is 5.75 Å². The van der Waals surface area contributed by atoms with E-state index in [1.54, 1.807) is 42.5 Å². The number of nitro benzene ring substituents is 1. The molecule has 1 N–H and O–H groups in total. The first-order valence-electron chi connectivity index (χ1n) is 8.60. The molecule has 0 bridgehead atoms. The Bertz CT molecular complexity index is 1030. The van der Waals surface area contributed by atoms with Crippen molar-refractivity contribution in [3.63, 3.8) is 0 Å². The molecule has 3 rings (SSSR count). The summed E-state index contributed by atoms with van der Waals surface area (Å²) in [6, 6.07) is 18.7. The normalized spacial score (nSPS) is 10.6. The van der Waals surface area contributed by atoms with Crippen molar-refractivity contribution in [3.05, 3.63) is 99.6 Å². The van der Waals surface area contributed by atoms with Crippen molar-refractivity contribution in [2.75, 3.05) is 5.32 Å². The molecule has 0 radical (unpaired) electrons. The monoisotopic (exact) mass is 398 g/mol. The van der Waals surface area contributed by atoms with Gasteiger partial charge in [0.25, 0.3) is 5.69 Å². The van der Waals surface area contributed by atoms with Crippen molar-refractivity contribution in [2.45, 2.75) is 13.2 Å². The molecule has 3 aromatic carbocycles. The number of nitro groups is 1. The molecule has 0 aromatic heterocycles. The lowest BCUT2D eigenvalue weighted by Crippen LogP contribution is -2.06. The van der Waals surface area contributed by atoms with E-state index < -0.39 is 11.5 Å². The molecular weight excluding hydrogens is 382 g/mol. The van der Waals surface area contributed by atoms with Crippen LogP contribution in [0.3, 0.4) is 0 Å². The first-order chi connectivity index (χ1) is 13.9. The summed E-state index contributed by atoms with van der Waals surface area (Å²) >= 11 is 0. The molecule has 0 saturated heterocycles. The van der Waals surface area contributed by atoms with Crippen LogP contribution in [0.25, 0.3) is 0 Å². The molecule has 0 aliphatic carbocycles. The maximum atomic E-state index is 12.5. The number of anilines is 1. The molecule has 0 heterocycles. The number of nitrogens with one attached hydrogen (secondary N) is 1. The Morgan fingerprint density at radius 2 is 1.76 bits per heavy atom. The first kappa shape index (κ1) is 19.9. The van der Waals surface area contributed by atoms with Crippen molar-refractivity contribution >= 4 is 17.2 Å². The van der Waals surface area contributed by atoms with E-state index in [-0.39, 0.29) is 35.0 Å². The van der Waals surface area contributed by atoms with E-state index in [9.17, 15) is 23.7 Å². The standard InChI is InChI=1S/C21H16F2N2O4/c22-21(23)29-17-8-4-5-14(11-17)13-24-18-10-9-16(12-19(18)25(27)28)20(26)15-6-2-1-3-7-15/h1-12,21,24H,13H2. The highest BCUT2D eigenvalue weighted by Gasteiger charge is 2.18. The van der Waals surface area contributed by atoms with Crippen LogP contribution in [0.4, 0.5) is 20.2 Å². The fraction of sp³-hybridized carbons (Fsp3) is 0.0952. The smallest absolute Gasteiger partial charge is 0.387 e. The molecule has 6 nitrogen and oxygen atoms in total. The highest BCUT2D eigenvalue weighted by Crippen LogP contribution is 2.27. The molecule has 8 heteroatoms. The molecule has 0 aliphatic heterocycles. The second-order valence-corrected chi connectivity index (χ2v) is 6.06. The Labute approximate surface area is 164 Å². The van der Waals surface area contributed by atoms with Gasteiger partial charge in [0, 0.05) is 23.7 Å². The largest absolute Gasteiger partial charge is 0.435 e. The maximum absolute atomic E-state index is 12.5. The summed E-state index contributed by atoms with van der Waals surface area (Å²) < 4.78 is 29.0. The van der Waals surface area contributed by atoms with E-state index in [4.69, 9.17) is 0 Å². The van der Waals surface area contributed by atoms with E-state index in [1.165, 1.54) is 30.3 Å². The Hall–Kier alpha value is -3.81. The lowest BCUT2D eigenvalue weighted by molar-refractivity contribution is -0.384. The van der Waals surface area contributed by atoms with E-state index in [0.717, 1.165) is 0 Å².